The third kappa shape index (κ3) is 2.92. The maximum Gasteiger partial charge on any atom is 0.253 e. The van der Waals surface area contributed by atoms with Gasteiger partial charge >= 0.3 is 0 Å². The number of para-hydroxylation sites is 1. The van der Waals surface area contributed by atoms with Crippen molar-refractivity contribution in [1.29, 1.82) is 0 Å². The van der Waals surface area contributed by atoms with E-state index < -0.39 is 0 Å². The number of H-pyrrole nitrogens is 1. The molecule has 1 N–H and O–H groups in total. The van der Waals surface area contributed by atoms with Crippen LogP contribution in [0, 0.1) is 0 Å². The smallest absolute Gasteiger partial charge is 0.253 e. The van der Waals surface area contributed by atoms with Crippen LogP contribution >= 0.6 is 11.6 Å². The molecule has 2 heterocycles. The molecule has 1 fully saturated rings. The zero-order valence-electron chi connectivity index (χ0n) is 13.3. The molecule has 0 radical (unpaired) electrons. The minimum Gasteiger partial charge on any atom is -0.358 e. The van der Waals surface area contributed by atoms with Gasteiger partial charge in [0.2, 0.25) is 0 Å². The fourth-order valence-electron chi connectivity index (χ4n) is 3.54. The van der Waals surface area contributed by atoms with Crippen molar-refractivity contribution in [1.82, 2.24) is 9.88 Å². The number of hydrogen-bond acceptors (Lipinski definition) is 1. The van der Waals surface area contributed by atoms with Gasteiger partial charge in [0, 0.05) is 40.8 Å². The van der Waals surface area contributed by atoms with Crippen LogP contribution in [0.2, 0.25) is 5.02 Å². The van der Waals surface area contributed by atoms with E-state index in [1.165, 1.54) is 11.1 Å². The number of carbonyl (C=O) groups is 1. The quantitative estimate of drug-likeness (QED) is 0.713. The van der Waals surface area contributed by atoms with Gasteiger partial charge in [-0.3, -0.25) is 4.79 Å². The summed E-state index contributed by atoms with van der Waals surface area (Å²) in [6.07, 6.45) is 2.12. The van der Waals surface area contributed by atoms with Gasteiger partial charge in [0.15, 0.2) is 0 Å². The van der Waals surface area contributed by atoms with E-state index in [0.29, 0.717) is 16.5 Å². The number of rotatable bonds is 2. The van der Waals surface area contributed by atoms with Crippen LogP contribution in [0.4, 0.5) is 0 Å². The second kappa shape index (κ2) is 6.33. The minimum atomic E-state index is 0.0679. The van der Waals surface area contributed by atoms with Crippen molar-refractivity contribution in [2.45, 2.75) is 18.8 Å². The molecule has 1 amide bonds. The van der Waals surface area contributed by atoms with Crippen LogP contribution in [-0.4, -0.2) is 28.9 Å². The molecule has 3 aromatic rings. The van der Waals surface area contributed by atoms with E-state index in [4.69, 9.17) is 11.6 Å². The highest BCUT2D eigenvalue weighted by atomic mass is 35.5. The van der Waals surface area contributed by atoms with Gasteiger partial charge < -0.3 is 9.88 Å². The van der Waals surface area contributed by atoms with Gasteiger partial charge in [0.25, 0.3) is 5.91 Å². The first-order valence-corrected chi connectivity index (χ1v) is 8.71. The van der Waals surface area contributed by atoms with E-state index in [-0.39, 0.29) is 5.91 Å². The van der Waals surface area contributed by atoms with Crippen LogP contribution in [0.25, 0.3) is 10.9 Å². The normalized spacial score (nSPS) is 18.0. The van der Waals surface area contributed by atoms with Crippen molar-refractivity contribution >= 4 is 28.4 Å². The van der Waals surface area contributed by atoms with Crippen LogP contribution in [0.15, 0.2) is 54.6 Å². The Morgan fingerprint density at radius 1 is 1.12 bits per heavy atom. The second-order valence-corrected chi connectivity index (χ2v) is 6.85. The maximum atomic E-state index is 12.8. The van der Waals surface area contributed by atoms with Crippen LogP contribution in [0.1, 0.15) is 34.8 Å². The van der Waals surface area contributed by atoms with Crippen molar-refractivity contribution in [3.63, 3.8) is 0 Å². The lowest BCUT2D eigenvalue weighted by molar-refractivity contribution is 0.0706. The average molecular weight is 339 g/mol. The summed E-state index contributed by atoms with van der Waals surface area (Å²) in [4.78, 5) is 18.2. The predicted molar refractivity (Wildman–Crippen MR) is 97.6 cm³/mol. The van der Waals surface area contributed by atoms with Crippen molar-refractivity contribution in [2.75, 3.05) is 13.1 Å². The molecule has 1 saturated heterocycles. The van der Waals surface area contributed by atoms with Crippen LogP contribution < -0.4 is 0 Å². The van der Waals surface area contributed by atoms with E-state index in [1.807, 2.05) is 23.1 Å². The minimum absolute atomic E-state index is 0.0679. The third-order valence-electron chi connectivity index (χ3n) is 4.77. The molecular formula is C20H19ClN2O. The summed E-state index contributed by atoms with van der Waals surface area (Å²) in [6.45, 7) is 1.56. The molecule has 4 heteroatoms. The van der Waals surface area contributed by atoms with Gasteiger partial charge in [-0.15, -0.1) is 0 Å². The van der Waals surface area contributed by atoms with Gasteiger partial charge in [-0.05, 0) is 48.6 Å². The molecule has 1 aliphatic heterocycles. The third-order valence-corrected chi connectivity index (χ3v) is 5.01. The first-order chi connectivity index (χ1) is 11.7. The maximum absolute atomic E-state index is 12.8. The van der Waals surface area contributed by atoms with Gasteiger partial charge in [0.1, 0.15) is 0 Å². The second-order valence-electron chi connectivity index (χ2n) is 6.41. The summed E-state index contributed by atoms with van der Waals surface area (Å²) in [7, 11) is 0. The van der Waals surface area contributed by atoms with E-state index in [0.717, 1.165) is 31.4 Å². The van der Waals surface area contributed by atoms with E-state index in [1.54, 1.807) is 12.1 Å². The summed E-state index contributed by atoms with van der Waals surface area (Å²) < 4.78 is 0. The lowest BCUT2D eigenvalue weighted by Gasteiger charge is -2.32. The molecular weight excluding hydrogens is 320 g/mol. The predicted octanol–water partition coefficient (Wildman–Crippen LogP) is 4.84. The lowest BCUT2D eigenvalue weighted by atomic mass is 9.94. The van der Waals surface area contributed by atoms with E-state index >= 15 is 0 Å². The fourth-order valence-corrected chi connectivity index (χ4v) is 3.73. The van der Waals surface area contributed by atoms with Crippen molar-refractivity contribution in [3.05, 3.63) is 70.9 Å². The Bertz CT molecular complexity index is 853. The number of piperidine rings is 1. The molecule has 1 unspecified atom stereocenters. The number of aromatic amines is 1. The molecule has 1 aliphatic rings. The molecule has 0 saturated carbocycles. The molecule has 0 bridgehead atoms. The largest absolute Gasteiger partial charge is 0.358 e. The van der Waals surface area contributed by atoms with Gasteiger partial charge in [0.05, 0.1) is 0 Å². The number of benzene rings is 2. The summed E-state index contributed by atoms with van der Waals surface area (Å²) >= 11 is 6.02. The Labute approximate surface area is 146 Å². The molecule has 24 heavy (non-hydrogen) atoms. The Balaban J connectivity index is 1.56. The van der Waals surface area contributed by atoms with Crippen LogP contribution in [0.5, 0.6) is 0 Å². The monoisotopic (exact) mass is 338 g/mol. The van der Waals surface area contributed by atoms with Crippen LogP contribution in [0.3, 0.4) is 0 Å². The number of aromatic nitrogens is 1. The van der Waals surface area contributed by atoms with Crippen molar-refractivity contribution in [3.8, 4) is 0 Å². The number of nitrogens with one attached hydrogen (secondary N) is 1. The molecule has 2 aromatic carbocycles. The number of likely N-dealkylation sites (tertiary alicyclic amines) is 1. The number of hydrogen-bond donors (Lipinski definition) is 1. The zero-order valence-corrected chi connectivity index (χ0v) is 14.1. The highest BCUT2D eigenvalue weighted by Gasteiger charge is 2.26. The SMILES string of the molecule is O=C(c1cccc(Cl)c1)N1CCCC(c2cc3ccccc3[nH]2)C1. The van der Waals surface area contributed by atoms with Crippen molar-refractivity contribution in [2.24, 2.45) is 0 Å². The Morgan fingerprint density at radius 2 is 2.00 bits per heavy atom. The fraction of sp³-hybridized carbons (Fsp3) is 0.250. The van der Waals surface area contributed by atoms with Gasteiger partial charge in [-0.1, -0.05) is 35.9 Å². The zero-order chi connectivity index (χ0) is 16.5. The van der Waals surface area contributed by atoms with Gasteiger partial charge in [-0.2, -0.15) is 0 Å². The standard InChI is InChI=1S/C20H19ClN2O/c21-17-8-3-6-15(11-17)20(24)23-10-4-7-16(13-23)19-12-14-5-1-2-9-18(14)22-19/h1-3,5-6,8-9,11-12,16,22H,4,7,10,13H2. The first-order valence-electron chi connectivity index (χ1n) is 8.33. The van der Waals surface area contributed by atoms with Crippen LogP contribution in [-0.2, 0) is 0 Å². The topological polar surface area (TPSA) is 36.1 Å². The Kier molecular flexibility index (Phi) is 4.03. The van der Waals surface area contributed by atoms with Gasteiger partial charge in [-0.25, -0.2) is 0 Å². The molecule has 122 valence electrons. The molecule has 0 spiro atoms. The average Bonchev–Trinajstić information content (AvgIpc) is 3.05. The summed E-state index contributed by atoms with van der Waals surface area (Å²) in [5, 5.41) is 1.83. The molecule has 0 aliphatic carbocycles. The number of carbonyl (C=O) groups excluding carboxylic acids is 1. The number of fused-ring (bicyclic) bond motifs is 1. The highest BCUT2D eigenvalue weighted by Crippen LogP contribution is 2.29. The lowest BCUT2D eigenvalue weighted by Crippen LogP contribution is -2.39. The first kappa shape index (κ1) is 15.3. The van der Waals surface area contributed by atoms with E-state index in [9.17, 15) is 4.79 Å². The Hall–Kier alpha value is -2.26. The highest BCUT2D eigenvalue weighted by molar-refractivity contribution is 6.30. The molecule has 3 nitrogen and oxygen atoms in total. The molecule has 1 atom stereocenters. The number of nitrogens with zero attached hydrogens (tertiary/aromatic N) is 1. The summed E-state index contributed by atoms with van der Waals surface area (Å²) in [6, 6.07) is 17.7. The molecule has 1 aromatic heterocycles. The Morgan fingerprint density at radius 3 is 2.83 bits per heavy atom. The number of amides is 1. The molecule has 4 rings (SSSR count). The van der Waals surface area contributed by atoms with E-state index in [2.05, 4.69) is 29.2 Å². The number of halogens is 1. The summed E-state index contributed by atoms with van der Waals surface area (Å²) in [5.74, 6) is 0.424. The summed E-state index contributed by atoms with van der Waals surface area (Å²) in [5.41, 5.74) is 3.05. The van der Waals surface area contributed by atoms with Crippen molar-refractivity contribution < 1.29 is 4.79 Å².